The maximum absolute atomic E-state index is 11.8. The van der Waals surface area contributed by atoms with E-state index >= 15 is 0 Å². The van der Waals surface area contributed by atoms with Gasteiger partial charge >= 0.3 is 5.97 Å². The van der Waals surface area contributed by atoms with E-state index in [1.807, 2.05) is 0 Å². The lowest BCUT2D eigenvalue weighted by molar-refractivity contribution is -0.143. The maximum atomic E-state index is 11.8. The molecule has 3 rings (SSSR count). The van der Waals surface area contributed by atoms with E-state index in [2.05, 4.69) is 17.3 Å². The van der Waals surface area contributed by atoms with Gasteiger partial charge in [0.05, 0.1) is 12.8 Å². The van der Waals surface area contributed by atoms with E-state index in [9.17, 15) is 4.79 Å². The van der Waals surface area contributed by atoms with Crippen molar-refractivity contribution in [2.75, 3.05) is 27.2 Å². The molecule has 1 unspecified atom stereocenters. The summed E-state index contributed by atoms with van der Waals surface area (Å²) in [5.41, 5.74) is 0.761. The SMILES string of the molecule is COC(=O)C1(c2nc(C3CCN(C)C3)cs2)CC1. The van der Waals surface area contributed by atoms with Gasteiger partial charge in [0, 0.05) is 17.8 Å². The largest absolute Gasteiger partial charge is 0.468 e. The summed E-state index contributed by atoms with van der Waals surface area (Å²) in [6.45, 7) is 2.22. The summed E-state index contributed by atoms with van der Waals surface area (Å²) in [4.78, 5) is 18.9. The van der Waals surface area contributed by atoms with Gasteiger partial charge in [-0.25, -0.2) is 4.98 Å². The topological polar surface area (TPSA) is 42.4 Å². The van der Waals surface area contributed by atoms with Crippen LogP contribution in [0.5, 0.6) is 0 Å². The van der Waals surface area contributed by atoms with E-state index in [-0.39, 0.29) is 5.97 Å². The van der Waals surface area contributed by atoms with Gasteiger partial charge < -0.3 is 9.64 Å². The molecule has 0 N–H and O–H groups in total. The molecule has 0 amide bonds. The first-order valence-electron chi connectivity index (χ1n) is 6.38. The molecule has 1 saturated carbocycles. The number of likely N-dealkylation sites (tertiary alicyclic amines) is 1. The first kappa shape index (κ1) is 12.1. The quantitative estimate of drug-likeness (QED) is 0.782. The van der Waals surface area contributed by atoms with Gasteiger partial charge in [-0.3, -0.25) is 4.79 Å². The van der Waals surface area contributed by atoms with Crippen LogP contribution < -0.4 is 0 Å². The Hall–Kier alpha value is -0.940. The highest BCUT2D eigenvalue weighted by atomic mass is 32.1. The monoisotopic (exact) mass is 266 g/mol. The summed E-state index contributed by atoms with van der Waals surface area (Å²) >= 11 is 1.62. The van der Waals surface area contributed by atoms with E-state index in [1.165, 1.54) is 13.5 Å². The van der Waals surface area contributed by atoms with Crippen molar-refractivity contribution in [2.24, 2.45) is 0 Å². The molecule has 1 aliphatic heterocycles. The Labute approximate surface area is 111 Å². The highest BCUT2D eigenvalue weighted by Crippen LogP contribution is 2.50. The Morgan fingerprint density at radius 3 is 2.94 bits per heavy atom. The van der Waals surface area contributed by atoms with E-state index < -0.39 is 5.41 Å². The smallest absolute Gasteiger partial charge is 0.318 e. The summed E-state index contributed by atoms with van der Waals surface area (Å²) in [6, 6.07) is 0. The van der Waals surface area contributed by atoms with Crippen LogP contribution in [0, 0.1) is 0 Å². The van der Waals surface area contributed by atoms with Crippen molar-refractivity contribution in [2.45, 2.75) is 30.6 Å². The minimum Gasteiger partial charge on any atom is -0.468 e. The van der Waals surface area contributed by atoms with E-state index in [0.717, 1.165) is 36.6 Å². The van der Waals surface area contributed by atoms with E-state index in [0.29, 0.717) is 5.92 Å². The number of likely N-dealkylation sites (N-methyl/N-ethyl adjacent to an activating group) is 1. The van der Waals surface area contributed by atoms with E-state index in [1.54, 1.807) is 11.3 Å². The second kappa shape index (κ2) is 4.31. The van der Waals surface area contributed by atoms with Gasteiger partial charge in [0.2, 0.25) is 0 Å². The molecule has 4 nitrogen and oxygen atoms in total. The predicted molar refractivity (Wildman–Crippen MR) is 69.9 cm³/mol. The lowest BCUT2D eigenvalue weighted by atomic mass is 10.1. The van der Waals surface area contributed by atoms with E-state index in [4.69, 9.17) is 9.72 Å². The van der Waals surface area contributed by atoms with Gasteiger partial charge in [0.15, 0.2) is 0 Å². The molecule has 2 aliphatic rings. The predicted octanol–water partition coefficient (Wildman–Crippen LogP) is 1.77. The van der Waals surface area contributed by atoms with Gasteiger partial charge in [-0.05, 0) is 32.9 Å². The molecule has 1 atom stereocenters. The molecule has 0 spiro atoms. The Balaban J connectivity index is 1.80. The Morgan fingerprint density at radius 1 is 1.61 bits per heavy atom. The summed E-state index contributed by atoms with van der Waals surface area (Å²) in [5.74, 6) is 0.417. The third-order valence-corrected chi connectivity index (χ3v) is 5.13. The standard InChI is InChI=1S/C13H18N2O2S/c1-15-6-3-9(7-15)10-8-18-11(14-10)13(4-5-13)12(16)17-2/h8-9H,3-7H2,1-2H3. The van der Waals surface area contributed by atoms with Crippen molar-refractivity contribution in [3.05, 3.63) is 16.1 Å². The second-order valence-corrected chi connectivity index (χ2v) is 6.26. The molecule has 1 aromatic rings. The molecule has 0 bridgehead atoms. The lowest BCUT2D eigenvalue weighted by Gasteiger charge is -2.09. The van der Waals surface area contributed by atoms with Crippen LogP contribution in [0.1, 0.15) is 35.9 Å². The highest BCUT2D eigenvalue weighted by molar-refractivity contribution is 7.10. The number of esters is 1. The fourth-order valence-electron chi connectivity index (χ4n) is 2.70. The molecule has 1 aliphatic carbocycles. The maximum Gasteiger partial charge on any atom is 0.318 e. The Kier molecular flexibility index (Phi) is 2.90. The van der Waals surface area contributed by atoms with Crippen molar-refractivity contribution < 1.29 is 9.53 Å². The fourth-order valence-corrected chi connectivity index (χ4v) is 3.84. The van der Waals surface area contributed by atoms with Crippen LogP contribution in [0.25, 0.3) is 0 Å². The number of thiazole rings is 1. The number of rotatable bonds is 3. The molecule has 18 heavy (non-hydrogen) atoms. The number of methoxy groups -OCH3 is 1. The van der Waals surface area contributed by atoms with Crippen molar-refractivity contribution in [3.8, 4) is 0 Å². The second-order valence-electron chi connectivity index (χ2n) is 5.40. The van der Waals surface area contributed by atoms with Gasteiger partial charge in [0.25, 0.3) is 0 Å². The minimum absolute atomic E-state index is 0.119. The molecule has 98 valence electrons. The zero-order chi connectivity index (χ0) is 12.8. The number of hydrogen-bond acceptors (Lipinski definition) is 5. The molecule has 1 aromatic heterocycles. The molecular weight excluding hydrogens is 248 g/mol. The van der Waals surface area contributed by atoms with Crippen LogP contribution in [-0.4, -0.2) is 43.1 Å². The normalized spacial score (nSPS) is 26.2. The summed E-state index contributed by atoms with van der Waals surface area (Å²) in [5, 5.41) is 3.08. The van der Waals surface area contributed by atoms with Crippen molar-refractivity contribution in [1.29, 1.82) is 0 Å². The zero-order valence-electron chi connectivity index (χ0n) is 10.8. The number of nitrogens with zero attached hydrogens (tertiary/aromatic N) is 2. The number of hydrogen-bond donors (Lipinski definition) is 0. The molecule has 2 fully saturated rings. The minimum atomic E-state index is -0.401. The molecular formula is C13H18N2O2S. The molecule has 2 heterocycles. The number of aromatic nitrogens is 1. The average molecular weight is 266 g/mol. The van der Waals surface area contributed by atoms with Gasteiger partial charge in [-0.1, -0.05) is 0 Å². The Bertz CT molecular complexity index is 467. The molecule has 5 heteroatoms. The molecule has 0 aromatic carbocycles. The third-order valence-electron chi connectivity index (χ3n) is 4.07. The number of carbonyl (C=O) groups is 1. The van der Waals surface area contributed by atoms with Crippen LogP contribution in [-0.2, 0) is 14.9 Å². The van der Waals surface area contributed by atoms with Crippen LogP contribution in [0.4, 0.5) is 0 Å². The zero-order valence-corrected chi connectivity index (χ0v) is 11.6. The molecule has 0 radical (unpaired) electrons. The van der Waals surface area contributed by atoms with Crippen molar-refractivity contribution in [3.63, 3.8) is 0 Å². The average Bonchev–Trinajstić information content (AvgIpc) is 2.84. The Morgan fingerprint density at radius 2 is 2.39 bits per heavy atom. The van der Waals surface area contributed by atoms with Gasteiger partial charge in [0.1, 0.15) is 10.4 Å². The van der Waals surface area contributed by atoms with Crippen LogP contribution in [0.2, 0.25) is 0 Å². The van der Waals surface area contributed by atoms with Crippen molar-refractivity contribution in [1.82, 2.24) is 9.88 Å². The number of carbonyl (C=O) groups excluding carboxylic acids is 1. The molecule has 1 saturated heterocycles. The summed E-state index contributed by atoms with van der Waals surface area (Å²) in [6.07, 6.45) is 2.94. The first-order chi connectivity index (χ1) is 8.65. The van der Waals surface area contributed by atoms with Gasteiger partial charge in [-0.15, -0.1) is 11.3 Å². The van der Waals surface area contributed by atoms with Crippen LogP contribution >= 0.6 is 11.3 Å². The van der Waals surface area contributed by atoms with Crippen LogP contribution in [0.15, 0.2) is 5.38 Å². The number of ether oxygens (including phenoxy) is 1. The first-order valence-corrected chi connectivity index (χ1v) is 7.26. The lowest BCUT2D eigenvalue weighted by Crippen LogP contribution is -2.21. The van der Waals surface area contributed by atoms with Gasteiger partial charge in [-0.2, -0.15) is 0 Å². The summed E-state index contributed by atoms with van der Waals surface area (Å²) in [7, 11) is 3.60. The fraction of sp³-hybridized carbons (Fsp3) is 0.692. The summed E-state index contributed by atoms with van der Waals surface area (Å²) < 4.78 is 4.90. The highest BCUT2D eigenvalue weighted by Gasteiger charge is 2.55. The van der Waals surface area contributed by atoms with Crippen LogP contribution in [0.3, 0.4) is 0 Å². The third kappa shape index (κ3) is 1.86. The van der Waals surface area contributed by atoms with Crippen molar-refractivity contribution >= 4 is 17.3 Å².